The summed E-state index contributed by atoms with van der Waals surface area (Å²) in [5.74, 6) is -0.549. The molecule has 0 aliphatic carbocycles. The molecule has 1 aliphatic rings. The number of rotatable bonds is 1. The quantitative estimate of drug-likeness (QED) is 0.752. The average Bonchev–Trinajstić information content (AvgIpc) is 2.27. The highest BCUT2D eigenvalue weighted by Crippen LogP contribution is 2.25. The molecule has 1 aliphatic heterocycles. The van der Waals surface area contributed by atoms with E-state index in [0.29, 0.717) is 11.4 Å². The number of benzene rings is 1. The van der Waals surface area contributed by atoms with Crippen LogP contribution < -0.4 is 4.31 Å². The summed E-state index contributed by atoms with van der Waals surface area (Å²) in [7, 11) is -2.38. The normalized spacial score (nSPS) is 19.2. The number of hydrogen-bond donors (Lipinski definition) is 0. The highest BCUT2D eigenvalue weighted by Gasteiger charge is 2.36. The summed E-state index contributed by atoms with van der Waals surface area (Å²) in [4.78, 5) is 11.8. The predicted molar refractivity (Wildman–Crippen MR) is 64.4 cm³/mol. The summed E-state index contributed by atoms with van der Waals surface area (Å²) in [6, 6.07) is 8.29. The Morgan fingerprint density at radius 2 is 1.71 bits per heavy atom. The van der Waals surface area contributed by atoms with Gasteiger partial charge in [-0.25, -0.2) is 0 Å². The second-order valence-corrected chi connectivity index (χ2v) is 5.51. The molecule has 0 saturated carbocycles. The highest BCUT2D eigenvalue weighted by molar-refractivity contribution is 7.91. The lowest BCUT2D eigenvalue weighted by atomic mass is 10.3. The maximum Gasteiger partial charge on any atom is 0.332 e. The summed E-state index contributed by atoms with van der Waals surface area (Å²) >= 11 is 0. The fourth-order valence-electron chi connectivity index (χ4n) is 1.57. The molecule has 0 aromatic heterocycles. The van der Waals surface area contributed by atoms with Gasteiger partial charge in [0.2, 0.25) is 0 Å². The van der Waals surface area contributed by atoms with E-state index >= 15 is 0 Å². The van der Waals surface area contributed by atoms with Crippen LogP contribution in [0.2, 0.25) is 0 Å². The first-order valence-electron chi connectivity index (χ1n) is 5.01. The molecule has 0 bridgehead atoms. The van der Waals surface area contributed by atoms with Crippen LogP contribution in [-0.2, 0) is 15.0 Å². The van der Waals surface area contributed by atoms with E-state index in [2.05, 4.69) is 0 Å². The molecular weight excluding hydrogens is 240 g/mol. The third-order valence-electron chi connectivity index (χ3n) is 2.60. The number of nitrogens with zero attached hydrogens (tertiary/aromatic N) is 2. The fourth-order valence-corrected chi connectivity index (χ4v) is 2.90. The summed E-state index contributed by atoms with van der Waals surface area (Å²) in [6.45, 7) is 1.58. The lowest BCUT2D eigenvalue weighted by Crippen LogP contribution is -2.47. The van der Waals surface area contributed by atoms with Gasteiger partial charge < -0.3 is 0 Å². The van der Waals surface area contributed by atoms with E-state index in [9.17, 15) is 13.2 Å². The van der Waals surface area contributed by atoms with E-state index in [1.165, 1.54) is 13.1 Å². The van der Waals surface area contributed by atoms with Crippen molar-refractivity contribution in [2.45, 2.75) is 6.92 Å². The van der Waals surface area contributed by atoms with Gasteiger partial charge in [-0.15, -0.1) is 0 Å². The molecule has 6 heteroatoms. The average molecular weight is 252 g/mol. The number of anilines is 1. The van der Waals surface area contributed by atoms with E-state index in [1.54, 1.807) is 37.3 Å². The van der Waals surface area contributed by atoms with Crippen LogP contribution in [0.1, 0.15) is 6.92 Å². The number of carbonyl (C=O) groups excluding carboxylic acids is 1. The molecule has 0 saturated heterocycles. The van der Waals surface area contributed by atoms with Crippen LogP contribution in [-0.4, -0.2) is 25.7 Å². The topological polar surface area (TPSA) is 57.7 Å². The first kappa shape index (κ1) is 11.7. The van der Waals surface area contributed by atoms with Crippen molar-refractivity contribution >= 4 is 21.8 Å². The summed E-state index contributed by atoms with van der Waals surface area (Å²) < 4.78 is 26.1. The van der Waals surface area contributed by atoms with Gasteiger partial charge in [0.05, 0.1) is 5.69 Å². The molecule has 2 rings (SSSR count). The fraction of sp³-hybridized carbons (Fsp3) is 0.182. The minimum Gasteiger partial charge on any atom is -0.268 e. The molecule has 1 amide bonds. The van der Waals surface area contributed by atoms with Gasteiger partial charge in [-0.3, -0.25) is 9.10 Å². The van der Waals surface area contributed by atoms with E-state index in [-0.39, 0.29) is 0 Å². The highest BCUT2D eigenvalue weighted by atomic mass is 32.2. The first-order valence-corrected chi connectivity index (χ1v) is 6.41. The Morgan fingerprint density at radius 1 is 1.12 bits per heavy atom. The van der Waals surface area contributed by atoms with E-state index in [4.69, 9.17) is 0 Å². The molecule has 90 valence electrons. The van der Waals surface area contributed by atoms with E-state index in [0.717, 1.165) is 8.61 Å². The smallest absolute Gasteiger partial charge is 0.268 e. The van der Waals surface area contributed by atoms with Crippen LogP contribution in [0.15, 0.2) is 42.1 Å². The van der Waals surface area contributed by atoms with Crippen LogP contribution in [0, 0.1) is 0 Å². The van der Waals surface area contributed by atoms with Gasteiger partial charge in [-0.2, -0.15) is 12.7 Å². The van der Waals surface area contributed by atoms with Crippen LogP contribution in [0.3, 0.4) is 0 Å². The lowest BCUT2D eigenvalue weighted by Gasteiger charge is -2.32. The summed E-state index contributed by atoms with van der Waals surface area (Å²) in [6.07, 6.45) is 1.30. The van der Waals surface area contributed by atoms with Gasteiger partial charge in [0, 0.05) is 18.8 Å². The van der Waals surface area contributed by atoms with E-state index < -0.39 is 16.1 Å². The molecule has 1 aromatic carbocycles. The number of amides is 1. The van der Waals surface area contributed by atoms with Gasteiger partial charge in [-0.1, -0.05) is 18.2 Å². The van der Waals surface area contributed by atoms with Gasteiger partial charge in [0.1, 0.15) is 0 Å². The maximum absolute atomic E-state index is 12.1. The number of allylic oxidation sites excluding steroid dienone is 1. The Hall–Kier alpha value is -1.82. The molecule has 17 heavy (non-hydrogen) atoms. The van der Waals surface area contributed by atoms with Gasteiger partial charge >= 0.3 is 10.2 Å². The monoisotopic (exact) mass is 252 g/mol. The largest absolute Gasteiger partial charge is 0.332 e. The molecular formula is C11H12N2O3S. The predicted octanol–water partition coefficient (Wildman–Crippen LogP) is 1.11. The number of hydrogen-bond acceptors (Lipinski definition) is 3. The Bertz CT molecular complexity index is 578. The standard InChI is InChI=1S/C11H12N2O3S/c1-9-8-11(14)13(17(15,16)12(9)2)10-6-4-3-5-7-10/h3-8H,1-2H3. The Labute approximate surface area is 100 Å². The van der Waals surface area contributed by atoms with Crippen LogP contribution in [0.25, 0.3) is 0 Å². The molecule has 1 aromatic rings. The third-order valence-corrected chi connectivity index (χ3v) is 4.43. The SMILES string of the molecule is CC1=CC(=O)N(c2ccccc2)S(=O)(=O)N1C. The van der Waals surface area contributed by atoms with Crippen molar-refractivity contribution in [1.29, 1.82) is 0 Å². The zero-order valence-electron chi connectivity index (χ0n) is 9.49. The number of para-hydroxylation sites is 1. The Morgan fingerprint density at radius 3 is 2.29 bits per heavy atom. The molecule has 0 unspecified atom stereocenters. The van der Waals surface area contributed by atoms with Crippen LogP contribution >= 0.6 is 0 Å². The molecule has 0 radical (unpaired) electrons. The van der Waals surface area contributed by atoms with E-state index in [1.807, 2.05) is 0 Å². The first-order chi connectivity index (χ1) is 7.94. The van der Waals surface area contributed by atoms with Crippen molar-refractivity contribution in [3.8, 4) is 0 Å². The van der Waals surface area contributed by atoms with Gasteiger partial charge in [0.25, 0.3) is 5.91 Å². The summed E-state index contributed by atoms with van der Waals surface area (Å²) in [5, 5.41) is 0. The Kier molecular flexibility index (Phi) is 2.66. The second kappa shape index (κ2) is 3.89. The number of carbonyl (C=O) groups is 1. The maximum atomic E-state index is 12.1. The molecule has 0 atom stereocenters. The molecule has 0 fully saturated rings. The lowest BCUT2D eigenvalue weighted by molar-refractivity contribution is -0.113. The zero-order valence-corrected chi connectivity index (χ0v) is 10.3. The second-order valence-electron chi connectivity index (χ2n) is 3.70. The van der Waals surface area contributed by atoms with Crippen molar-refractivity contribution in [1.82, 2.24) is 4.31 Å². The zero-order chi connectivity index (χ0) is 12.6. The Balaban J connectivity index is 2.59. The molecule has 5 nitrogen and oxygen atoms in total. The van der Waals surface area contributed by atoms with Gasteiger partial charge in [0.15, 0.2) is 0 Å². The third kappa shape index (κ3) is 1.80. The van der Waals surface area contributed by atoms with Crippen molar-refractivity contribution in [2.24, 2.45) is 0 Å². The van der Waals surface area contributed by atoms with Crippen molar-refractivity contribution in [3.63, 3.8) is 0 Å². The molecule has 1 heterocycles. The van der Waals surface area contributed by atoms with Crippen molar-refractivity contribution < 1.29 is 13.2 Å². The van der Waals surface area contributed by atoms with Crippen molar-refractivity contribution in [2.75, 3.05) is 11.4 Å². The summed E-state index contributed by atoms with van der Waals surface area (Å²) in [5.41, 5.74) is 0.746. The minimum absolute atomic E-state index is 0.341. The van der Waals surface area contributed by atoms with Gasteiger partial charge in [-0.05, 0) is 19.1 Å². The minimum atomic E-state index is -3.80. The van der Waals surface area contributed by atoms with Crippen LogP contribution in [0.4, 0.5) is 5.69 Å². The van der Waals surface area contributed by atoms with Crippen LogP contribution in [0.5, 0.6) is 0 Å². The van der Waals surface area contributed by atoms with Crippen molar-refractivity contribution in [3.05, 3.63) is 42.1 Å². The molecule has 0 N–H and O–H groups in total. The molecule has 0 spiro atoms.